The number of thioether (sulfide) groups is 1. The second-order valence-corrected chi connectivity index (χ2v) is 5.88. The number of H-pyrrole nitrogens is 1. The molecular formula is C12H16N6OS. The molecule has 1 fully saturated rings. The van der Waals surface area contributed by atoms with Crippen molar-refractivity contribution in [1.82, 2.24) is 25.5 Å². The summed E-state index contributed by atoms with van der Waals surface area (Å²) in [5.41, 5.74) is 0.856. The number of tetrazole rings is 1. The van der Waals surface area contributed by atoms with Gasteiger partial charge in [0, 0.05) is 19.0 Å². The van der Waals surface area contributed by atoms with Crippen LogP contribution in [0.1, 0.15) is 24.4 Å². The predicted octanol–water partition coefficient (Wildman–Crippen LogP) is 1.08. The summed E-state index contributed by atoms with van der Waals surface area (Å²) < 4.78 is 5.38. The van der Waals surface area contributed by atoms with E-state index in [1.165, 1.54) is 0 Å². The van der Waals surface area contributed by atoms with Crippen molar-refractivity contribution >= 4 is 11.8 Å². The van der Waals surface area contributed by atoms with Crippen molar-refractivity contribution in [2.75, 3.05) is 26.3 Å². The lowest BCUT2D eigenvalue weighted by molar-refractivity contribution is 0.0574. The highest BCUT2D eigenvalue weighted by molar-refractivity contribution is 8.03. The third kappa shape index (κ3) is 2.27. The molecule has 0 aromatic carbocycles. The van der Waals surface area contributed by atoms with Crippen LogP contribution in [0.3, 0.4) is 0 Å². The Bertz CT molecular complexity index is 531. The number of nitrogens with zero attached hydrogens (tertiary/aromatic N) is 5. The molecule has 1 saturated heterocycles. The van der Waals surface area contributed by atoms with Gasteiger partial charge in [-0.3, -0.25) is 0 Å². The topological polar surface area (TPSA) is 90.7 Å². The maximum Gasteiger partial charge on any atom is 0.188 e. The number of aromatic amines is 1. The van der Waals surface area contributed by atoms with Gasteiger partial charge in [0.1, 0.15) is 0 Å². The highest BCUT2D eigenvalue weighted by Crippen LogP contribution is 2.52. The van der Waals surface area contributed by atoms with Crippen LogP contribution in [0.2, 0.25) is 0 Å². The predicted molar refractivity (Wildman–Crippen MR) is 73.3 cm³/mol. The Kier molecular flexibility index (Phi) is 3.89. The molecule has 3 rings (SSSR count). The van der Waals surface area contributed by atoms with E-state index in [0.717, 1.165) is 30.1 Å². The molecule has 1 aromatic rings. The molecule has 0 bridgehead atoms. The van der Waals surface area contributed by atoms with Crippen molar-refractivity contribution in [3.8, 4) is 6.07 Å². The SMILES string of the molecule is CCC1C(C#N)=C(N2CCOCC2)SC1c1nn[nH]n1. The number of aromatic nitrogens is 4. The van der Waals surface area contributed by atoms with Crippen LogP contribution < -0.4 is 0 Å². The van der Waals surface area contributed by atoms with Gasteiger partial charge in [0.25, 0.3) is 0 Å². The van der Waals surface area contributed by atoms with Gasteiger partial charge < -0.3 is 9.64 Å². The third-order valence-corrected chi connectivity index (χ3v) is 5.17. The number of allylic oxidation sites excluding steroid dienone is 1. The van der Waals surface area contributed by atoms with Crippen molar-refractivity contribution in [1.29, 1.82) is 5.26 Å². The first kappa shape index (κ1) is 13.4. The Hall–Kier alpha value is -1.59. The molecule has 20 heavy (non-hydrogen) atoms. The van der Waals surface area contributed by atoms with Gasteiger partial charge in [-0.2, -0.15) is 10.5 Å². The van der Waals surface area contributed by atoms with Crippen molar-refractivity contribution in [2.24, 2.45) is 5.92 Å². The molecule has 2 atom stereocenters. The molecule has 3 heterocycles. The van der Waals surface area contributed by atoms with Crippen molar-refractivity contribution in [2.45, 2.75) is 18.6 Å². The molecule has 2 aliphatic heterocycles. The van der Waals surface area contributed by atoms with Crippen molar-refractivity contribution in [3.05, 3.63) is 16.4 Å². The standard InChI is InChI=1S/C12H16N6OS/c1-2-8-9(7-13)12(18-3-5-19-6-4-18)20-10(8)11-14-16-17-15-11/h8,10H,2-6H2,1H3,(H,14,15,16,17). The molecule has 2 aliphatic rings. The maximum atomic E-state index is 9.54. The summed E-state index contributed by atoms with van der Waals surface area (Å²) in [4.78, 5) is 2.25. The Morgan fingerprint density at radius 1 is 1.50 bits per heavy atom. The van der Waals surface area contributed by atoms with Crippen LogP contribution in [0.5, 0.6) is 0 Å². The van der Waals surface area contributed by atoms with Gasteiger partial charge in [-0.1, -0.05) is 23.9 Å². The molecule has 8 heteroatoms. The quantitative estimate of drug-likeness (QED) is 0.891. The molecular weight excluding hydrogens is 276 g/mol. The second kappa shape index (κ2) is 5.81. The summed E-state index contributed by atoms with van der Waals surface area (Å²) >= 11 is 1.68. The largest absolute Gasteiger partial charge is 0.378 e. The first-order chi connectivity index (χ1) is 9.85. The molecule has 0 saturated carbocycles. The number of hydrogen-bond donors (Lipinski definition) is 1. The Balaban J connectivity index is 1.89. The molecule has 7 nitrogen and oxygen atoms in total. The molecule has 0 spiro atoms. The number of rotatable bonds is 3. The lowest BCUT2D eigenvalue weighted by Crippen LogP contribution is -2.34. The van der Waals surface area contributed by atoms with Crippen LogP contribution in [0, 0.1) is 17.2 Å². The van der Waals surface area contributed by atoms with E-state index in [1.807, 2.05) is 0 Å². The minimum absolute atomic E-state index is 0.0752. The van der Waals surface area contributed by atoms with Gasteiger partial charge in [-0.05, 0) is 6.42 Å². The van der Waals surface area contributed by atoms with Gasteiger partial charge in [0.05, 0.1) is 35.1 Å². The highest BCUT2D eigenvalue weighted by atomic mass is 32.2. The van der Waals surface area contributed by atoms with Crippen LogP contribution in [-0.4, -0.2) is 51.8 Å². The summed E-state index contributed by atoms with van der Waals surface area (Å²) in [5, 5.41) is 25.0. The van der Waals surface area contributed by atoms with Gasteiger partial charge in [0.15, 0.2) is 5.82 Å². The van der Waals surface area contributed by atoms with E-state index in [0.29, 0.717) is 19.0 Å². The van der Waals surface area contributed by atoms with E-state index in [2.05, 4.69) is 38.5 Å². The van der Waals surface area contributed by atoms with E-state index in [9.17, 15) is 5.26 Å². The van der Waals surface area contributed by atoms with Gasteiger partial charge in [-0.15, -0.1) is 10.2 Å². The first-order valence-corrected chi connectivity index (χ1v) is 7.60. The number of hydrogen-bond acceptors (Lipinski definition) is 7. The molecule has 0 radical (unpaired) electrons. The molecule has 0 aliphatic carbocycles. The monoisotopic (exact) mass is 292 g/mol. The summed E-state index contributed by atoms with van der Waals surface area (Å²) in [6.07, 6.45) is 0.892. The smallest absolute Gasteiger partial charge is 0.188 e. The molecule has 1 aromatic heterocycles. The lowest BCUT2D eigenvalue weighted by Gasteiger charge is -2.29. The highest BCUT2D eigenvalue weighted by Gasteiger charge is 2.40. The molecule has 2 unspecified atom stereocenters. The van der Waals surface area contributed by atoms with Gasteiger partial charge in [0.2, 0.25) is 0 Å². The van der Waals surface area contributed by atoms with Crippen LogP contribution in [0.15, 0.2) is 10.6 Å². The molecule has 106 valence electrons. The zero-order chi connectivity index (χ0) is 13.9. The lowest BCUT2D eigenvalue weighted by atomic mass is 9.94. The minimum Gasteiger partial charge on any atom is -0.378 e. The fourth-order valence-electron chi connectivity index (χ4n) is 2.66. The van der Waals surface area contributed by atoms with Crippen LogP contribution in [-0.2, 0) is 4.74 Å². The average Bonchev–Trinajstić information content (AvgIpc) is 3.14. The average molecular weight is 292 g/mol. The van der Waals surface area contributed by atoms with Crippen LogP contribution in [0.25, 0.3) is 0 Å². The van der Waals surface area contributed by atoms with Gasteiger partial charge >= 0.3 is 0 Å². The fourth-order valence-corrected chi connectivity index (χ4v) is 4.25. The van der Waals surface area contributed by atoms with Gasteiger partial charge in [-0.25, -0.2) is 0 Å². The summed E-state index contributed by atoms with van der Waals surface area (Å²) in [6, 6.07) is 2.39. The third-order valence-electron chi connectivity index (χ3n) is 3.68. The Morgan fingerprint density at radius 3 is 2.90 bits per heavy atom. The number of morpholine rings is 1. The Labute approximate surface area is 121 Å². The summed E-state index contributed by atoms with van der Waals surface area (Å²) in [6.45, 7) is 5.20. The van der Waals surface area contributed by atoms with Crippen LogP contribution in [0.4, 0.5) is 0 Å². The van der Waals surface area contributed by atoms with Crippen molar-refractivity contribution in [3.63, 3.8) is 0 Å². The van der Waals surface area contributed by atoms with E-state index in [-0.39, 0.29) is 11.2 Å². The molecule has 1 N–H and O–H groups in total. The van der Waals surface area contributed by atoms with E-state index in [1.54, 1.807) is 11.8 Å². The zero-order valence-corrected chi connectivity index (χ0v) is 12.1. The second-order valence-electron chi connectivity index (χ2n) is 4.75. The normalized spacial score (nSPS) is 26.9. The first-order valence-electron chi connectivity index (χ1n) is 6.72. The number of nitrogens with one attached hydrogen (secondary N) is 1. The summed E-state index contributed by atoms with van der Waals surface area (Å²) in [7, 11) is 0. The summed E-state index contributed by atoms with van der Waals surface area (Å²) in [5.74, 6) is 0.832. The minimum atomic E-state index is 0.0752. The van der Waals surface area contributed by atoms with Crippen molar-refractivity contribution < 1.29 is 4.74 Å². The number of ether oxygens (including phenoxy) is 1. The number of nitriles is 1. The van der Waals surface area contributed by atoms with E-state index >= 15 is 0 Å². The van der Waals surface area contributed by atoms with Crippen LogP contribution >= 0.6 is 11.8 Å². The maximum absolute atomic E-state index is 9.54. The zero-order valence-electron chi connectivity index (χ0n) is 11.2. The fraction of sp³-hybridized carbons (Fsp3) is 0.667. The molecule has 0 amide bonds. The Morgan fingerprint density at radius 2 is 2.30 bits per heavy atom. The van der Waals surface area contributed by atoms with E-state index < -0.39 is 0 Å². The van der Waals surface area contributed by atoms with E-state index in [4.69, 9.17) is 4.74 Å².